The van der Waals surface area contributed by atoms with Gasteiger partial charge in [0.05, 0.1) is 12.0 Å². The van der Waals surface area contributed by atoms with Gasteiger partial charge in [0.2, 0.25) is 0 Å². The summed E-state index contributed by atoms with van der Waals surface area (Å²) in [5.41, 5.74) is 4.24. The van der Waals surface area contributed by atoms with Crippen LogP contribution in [0.2, 0.25) is 0 Å². The molecule has 0 atom stereocenters. The van der Waals surface area contributed by atoms with Crippen LogP contribution in [0.3, 0.4) is 0 Å². The summed E-state index contributed by atoms with van der Waals surface area (Å²) >= 11 is 0. The van der Waals surface area contributed by atoms with E-state index in [0.717, 1.165) is 30.9 Å². The Kier molecular flexibility index (Phi) is 7.99. The van der Waals surface area contributed by atoms with Crippen LogP contribution in [0.5, 0.6) is 0 Å². The number of aromatic nitrogens is 2. The maximum atomic E-state index is 4.85. The third kappa shape index (κ3) is 5.31. The van der Waals surface area contributed by atoms with Crippen molar-refractivity contribution in [1.29, 1.82) is 0 Å². The number of nitrogens with zero attached hydrogens (tertiary/aromatic N) is 2. The van der Waals surface area contributed by atoms with Gasteiger partial charge in [0.1, 0.15) is 5.54 Å². The first-order valence-electron chi connectivity index (χ1n) is 13.5. The zero-order valence-corrected chi connectivity index (χ0v) is 21.2. The second kappa shape index (κ2) is 11.9. The van der Waals surface area contributed by atoms with Crippen LogP contribution in [-0.4, -0.2) is 9.55 Å². The molecule has 0 amide bonds. The molecule has 3 aromatic carbocycles. The Bertz CT molecular complexity index is 1160. The zero-order valence-electron chi connectivity index (χ0n) is 21.2. The molecule has 5 rings (SSSR count). The van der Waals surface area contributed by atoms with E-state index in [1.165, 1.54) is 55.2 Å². The summed E-state index contributed by atoms with van der Waals surface area (Å²) < 4.78 is 2.29. The molecule has 2 nitrogen and oxygen atoms in total. The number of hydrogen-bond acceptors (Lipinski definition) is 1. The number of hydrogen-bond donors (Lipinski definition) is 0. The summed E-state index contributed by atoms with van der Waals surface area (Å²) in [5.74, 6) is 7.76. The van der Waals surface area contributed by atoms with Crippen molar-refractivity contribution in [2.75, 3.05) is 0 Å². The van der Waals surface area contributed by atoms with E-state index >= 15 is 0 Å². The molecule has 0 radical (unpaired) electrons. The van der Waals surface area contributed by atoms with E-state index in [2.05, 4.69) is 114 Å². The Balaban J connectivity index is 1.40. The molecule has 0 N–H and O–H groups in total. The highest BCUT2D eigenvalue weighted by Crippen LogP contribution is 2.40. The van der Waals surface area contributed by atoms with Crippen LogP contribution in [0.25, 0.3) is 0 Å². The Hall–Kier alpha value is -3.57. The number of imidazole rings is 1. The van der Waals surface area contributed by atoms with Crippen molar-refractivity contribution < 1.29 is 0 Å². The van der Waals surface area contributed by atoms with Gasteiger partial charge in [-0.25, -0.2) is 4.98 Å². The maximum absolute atomic E-state index is 4.85. The van der Waals surface area contributed by atoms with Crippen LogP contribution < -0.4 is 0 Å². The molecule has 36 heavy (non-hydrogen) atoms. The molecular weight excluding hydrogens is 436 g/mol. The van der Waals surface area contributed by atoms with Gasteiger partial charge in [-0.05, 0) is 29.0 Å². The molecule has 1 heterocycles. The van der Waals surface area contributed by atoms with Crippen LogP contribution in [0.4, 0.5) is 0 Å². The third-order valence-corrected chi connectivity index (χ3v) is 7.63. The van der Waals surface area contributed by atoms with Crippen LogP contribution in [0, 0.1) is 17.8 Å². The van der Waals surface area contributed by atoms with Crippen molar-refractivity contribution in [2.24, 2.45) is 5.92 Å². The Labute approximate surface area is 216 Å². The monoisotopic (exact) mass is 472 g/mol. The second-order valence-electron chi connectivity index (χ2n) is 9.98. The number of rotatable bonds is 8. The van der Waals surface area contributed by atoms with Crippen LogP contribution in [0.1, 0.15) is 73.8 Å². The minimum absolute atomic E-state index is 0.499. The van der Waals surface area contributed by atoms with Gasteiger partial charge in [-0.15, -0.1) is 11.8 Å². The van der Waals surface area contributed by atoms with Gasteiger partial charge in [0.15, 0.2) is 0 Å². The highest BCUT2D eigenvalue weighted by Gasteiger charge is 2.38. The molecule has 1 aromatic heterocycles. The average molecular weight is 473 g/mol. The molecule has 0 aliphatic heterocycles. The predicted molar refractivity (Wildman–Crippen MR) is 149 cm³/mol. The lowest BCUT2D eigenvalue weighted by Gasteiger charge is -2.37. The molecule has 0 saturated heterocycles. The Morgan fingerprint density at radius 2 is 1.22 bits per heavy atom. The lowest BCUT2D eigenvalue weighted by atomic mass is 9.77. The molecule has 0 spiro atoms. The van der Waals surface area contributed by atoms with Gasteiger partial charge >= 0.3 is 0 Å². The first-order valence-corrected chi connectivity index (χ1v) is 13.5. The molecule has 2 heteroatoms. The van der Waals surface area contributed by atoms with E-state index in [0.29, 0.717) is 0 Å². The fourth-order valence-electron chi connectivity index (χ4n) is 5.78. The number of benzene rings is 3. The average Bonchev–Trinajstić information content (AvgIpc) is 3.42. The fraction of sp³-hybridized carbons (Fsp3) is 0.324. The van der Waals surface area contributed by atoms with E-state index in [9.17, 15) is 0 Å². The summed E-state index contributed by atoms with van der Waals surface area (Å²) in [6, 6.07) is 32.3. The summed E-state index contributed by atoms with van der Waals surface area (Å²) in [6.45, 7) is 0. The Morgan fingerprint density at radius 1 is 0.694 bits per heavy atom. The quantitative estimate of drug-likeness (QED) is 0.187. The van der Waals surface area contributed by atoms with Crippen molar-refractivity contribution in [3.63, 3.8) is 0 Å². The first-order chi connectivity index (χ1) is 17.9. The van der Waals surface area contributed by atoms with E-state index in [-0.39, 0.29) is 0 Å². The van der Waals surface area contributed by atoms with Crippen molar-refractivity contribution in [2.45, 2.75) is 63.3 Å². The largest absolute Gasteiger partial charge is 0.319 e. The molecule has 1 aliphatic carbocycles. The summed E-state index contributed by atoms with van der Waals surface area (Å²) in [6.07, 6.45) is 15.3. The molecule has 4 aromatic rings. The van der Waals surface area contributed by atoms with Gasteiger partial charge in [-0.1, -0.05) is 123 Å². The second-order valence-corrected chi connectivity index (χ2v) is 9.98. The molecule has 1 saturated carbocycles. The normalized spacial score (nSPS) is 14.2. The van der Waals surface area contributed by atoms with E-state index < -0.39 is 5.54 Å². The highest BCUT2D eigenvalue weighted by atomic mass is 15.1. The van der Waals surface area contributed by atoms with Crippen LogP contribution in [-0.2, 0) is 12.0 Å². The SMILES string of the molecule is C(#CCCC1CCCCC1)CCc1cn(C(c2ccccc2)(c2ccccc2)c2ccccc2)cn1. The highest BCUT2D eigenvalue weighted by molar-refractivity contribution is 5.50. The third-order valence-electron chi connectivity index (χ3n) is 7.63. The molecule has 0 bridgehead atoms. The molecule has 1 aliphatic rings. The summed E-state index contributed by atoms with van der Waals surface area (Å²) in [7, 11) is 0. The topological polar surface area (TPSA) is 17.8 Å². The number of aryl methyl sites for hydroxylation is 1. The smallest absolute Gasteiger partial charge is 0.121 e. The standard InChI is InChI=1S/C34H36N2/c1(7-17-29-18-8-3-9-19-29)2-16-26-33-27-36(28-35-33)34(30-20-10-4-11-21-30,31-22-12-5-13-23-31)32-24-14-6-15-25-32/h4-6,10-15,20-25,27-29H,3,7-9,16-19,26H2. The van der Waals surface area contributed by atoms with Crippen molar-refractivity contribution >= 4 is 0 Å². The fourth-order valence-corrected chi connectivity index (χ4v) is 5.78. The van der Waals surface area contributed by atoms with Crippen molar-refractivity contribution in [3.05, 3.63) is 126 Å². The lowest BCUT2D eigenvalue weighted by molar-refractivity contribution is 0.342. The van der Waals surface area contributed by atoms with Crippen LogP contribution >= 0.6 is 0 Å². The minimum Gasteiger partial charge on any atom is -0.319 e. The minimum atomic E-state index is -0.499. The Morgan fingerprint density at radius 3 is 1.78 bits per heavy atom. The van der Waals surface area contributed by atoms with Gasteiger partial charge < -0.3 is 4.57 Å². The van der Waals surface area contributed by atoms with E-state index in [4.69, 9.17) is 4.98 Å². The summed E-state index contributed by atoms with van der Waals surface area (Å²) in [5, 5.41) is 0. The van der Waals surface area contributed by atoms with Gasteiger partial charge in [-0.3, -0.25) is 0 Å². The van der Waals surface area contributed by atoms with Gasteiger partial charge in [0.25, 0.3) is 0 Å². The van der Waals surface area contributed by atoms with Crippen LogP contribution in [0.15, 0.2) is 104 Å². The zero-order chi connectivity index (χ0) is 24.5. The summed E-state index contributed by atoms with van der Waals surface area (Å²) in [4.78, 5) is 4.85. The molecular formula is C34H36N2. The molecule has 182 valence electrons. The van der Waals surface area contributed by atoms with E-state index in [1.54, 1.807) is 0 Å². The first kappa shape index (κ1) is 24.1. The van der Waals surface area contributed by atoms with E-state index in [1.807, 2.05) is 6.33 Å². The van der Waals surface area contributed by atoms with Crippen molar-refractivity contribution in [1.82, 2.24) is 9.55 Å². The van der Waals surface area contributed by atoms with Gasteiger partial charge in [-0.2, -0.15) is 0 Å². The maximum Gasteiger partial charge on any atom is 0.121 e. The predicted octanol–water partition coefficient (Wildman–Crippen LogP) is 8.02. The lowest BCUT2D eigenvalue weighted by Crippen LogP contribution is -2.36. The molecule has 1 fully saturated rings. The van der Waals surface area contributed by atoms with Gasteiger partial charge in [0, 0.05) is 25.5 Å². The van der Waals surface area contributed by atoms with Crippen molar-refractivity contribution in [3.8, 4) is 11.8 Å². The molecule has 0 unspecified atom stereocenters.